The molecular formula is C42H50N8O11S. The van der Waals surface area contributed by atoms with E-state index in [0.717, 1.165) is 5.52 Å². The molecule has 0 bridgehead atoms. The Morgan fingerprint density at radius 2 is 0.968 bits per heavy atom. The number of hydrogen-bond acceptors (Lipinski definition) is 12. The summed E-state index contributed by atoms with van der Waals surface area (Å²) in [5.74, 6) is -7.30. The number of aromatic hydroxyl groups is 1. The van der Waals surface area contributed by atoms with E-state index in [2.05, 4.69) is 54.8 Å². The van der Waals surface area contributed by atoms with Crippen molar-refractivity contribution in [3.05, 3.63) is 102 Å². The zero-order valence-corrected chi connectivity index (χ0v) is 34.4. The lowest BCUT2D eigenvalue weighted by molar-refractivity contribution is -0.137. The molecule has 0 aliphatic carbocycles. The summed E-state index contributed by atoms with van der Waals surface area (Å²) in [6, 6.07) is 10.4. The van der Waals surface area contributed by atoms with Gasteiger partial charge in [-0.1, -0.05) is 60.7 Å². The molecule has 62 heavy (non-hydrogen) atoms. The summed E-state index contributed by atoms with van der Waals surface area (Å²) < 4.78 is 0. The molecule has 20 heteroatoms. The standard InChI is InChI=1S/C42H50N8O11S/c1-22(53)35-42(61)48-33(20-52)40(59)49-34(21-62)41(60)46-31(17-25-18-43-28-10-6-5-9-27(25)28)37(56)47-32(19-51)39(58)45-29(16-24-11-13-26(54)14-12-24)36(55)44-30(38(57)50-35)15-23-7-3-2-4-8-23/h2-14,18,22,29-35,43,51-54,62H,15-17,19-21H2,1H3,(H,44,55)(H,45,58)(H,46,60)(H,47,56)(H,48,61)(H,49,59)(H,50,57)/t22-,29+,30+,31+,32+,33+,34+,35+/m1/s1. The number of aromatic amines is 1. The molecule has 3 aromatic carbocycles. The summed E-state index contributed by atoms with van der Waals surface area (Å²) in [5.41, 5.74) is 2.33. The molecular weight excluding hydrogens is 825 g/mol. The summed E-state index contributed by atoms with van der Waals surface area (Å²) >= 11 is 4.20. The van der Waals surface area contributed by atoms with E-state index in [4.69, 9.17) is 0 Å². The molecule has 8 atom stereocenters. The number of aliphatic hydroxyl groups excluding tert-OH is 3. The topological polar surface area (TPSA) is 300 Å². The van der Waals surface area contributed by atoms with E-state index in [1.165, 1.54) is 31.2 Å². The Hall–Kier alpha value is -6.48. The average Bonchev–Trinajstić information content (AvgIpc) is 3.67. The molecule has 1 fully saturated rings. The highest BCUT2D eigenvalue weighted by Gasteiger charge is 2.36. The van der Waals surface area contributed by atoms with Gasteiger partial charge in [0.25, 0.3) is 0 Å². The minimum absolute atomic E-state index is 0.0751. The Bertz CT molecular complexity index is 2220. The molecule has 12 N–H and O–H groups in total. The monoisotopic (exact) mass is 874 g/mol. The highest BCUT2D eigenvalue weighted by atomic mass is 32.1. The van der Waals surface area contributed by atoms with Gasteiger partial charge in [0.1, 0.15) is 48.0 Å². The summed E-state index contributed by atoms with van der Waals surface area (Å²) in [4.78, 5) is 100. The Morgan fingerprint density at radius 3 is 1.52 bits per heavy atom. The number of para-hydroxylation sites is 1. The maximum atomic E-state index is 14.2. The third-order valence-electron chi connectivity index (χ3n) is 10.2. The third-order valence-corrected chi connectivity index (χ3v) is 10.5. The van der Waals surface area contributed by atoms with Crippen LogP contribution in [0.5, 0.6) is 5.75 Å². The van der Waals surface area contributed by atoms with Crippen LogP contribution in [-0.2, 0) is 52.8 Å². The molecule has 1 aliphatic heterocycles. The number of phenolic OH excluding ortho intramolecular Hbond substituents is 1. The van der Waals surface area contributed by atoms with Crippen LogP contribution in [0.3, 0.4) is 0 Å². The fourth-order valence-electron chi connectivity index (χ4n) is 6.73. The number of carbonyl (C=O) groups excluding carboxylic acids is 7. The van der Waals surface area contributed by atoms with Crippen molar-refractivity contribution in [2.24, 2.45) is 0 Å². The molecule has 4 aromatic rings. The Kier molecular flexibility index (Phi) is 16.4. The zero-order chi connectivity index (χ0) is 44.9. The first kappa shape index (κ1) is 46.6. The van der Waals surface area contributed by atoms with E-state index < -0.39 is 103 Å². The second-order valence-electron chi connectivity index (χ2n) is 14.8. The lowest BCUT2D eigenvalue weighted by atomic mass is 10.0. The number of thiol groups is 1. The first-order valence-corrected chi connectivity index (χ1v) is 20.3. The lowest BCUT2D eigenvalue weighted by Gasteiger charge is -2.28. The van der Waals surface area contributed by atoms with E-state index >= 15 is 0 Å². The van der Waals surface area contributed by atoms with Gasteiger partial charge in [-0.15, -0.1) is 0 Å². The zero-order valence-electron chi connectivity index (χ0n) is 33.5. The number of nitrogens with one attached hydrogen (secondary N) is 8. The summed E-state index contributed by atoms with van der Waals surface area (Å²) in [7, 11) is 0. The van der Waals surface area contributed by atoms with Crippen LogP contribution in [-0.4, -0.2) is 134 Å². The molecule has 0 spiro atoms. The number of phenols is 1. The number of benzene rings is 3. The maximum Gasteiger partial charge on any atom is 0.245 e. The molecule has 1 aliphatic rings. The molecule has 330 valence electrons. The van der Waals surface area contributed by atoms with Gasteiger partial charge >= 0.3 is 0 Å². The molecule has 2 heterocycles. The van der Waals surface area contributed by atoms with E-state index in [-0.39, 0.29) is 30.8 Å². The number of amides is 7. The van der Waals surface area contributed by atoms with Crippen molar-refractivity contribution in [1.82, 2.24) is 42.2 Å². The van der Waals surface area contributed by atoms with Gasteiger partial charge in [0.15, 0.2) is 0 Å². The van der Waals surface area contributed by atoms with Gasteiger partial charge in [-0.25, -0.2) is 0 Å². The van der Waals surface area contributed by atoms with Gasteiger partial charge in [-0.2, -0.15) is 12.6 Å². The third kappa shape index (κ3) is 12.3. The van der Waals surface area contributed by atoms with E-state index in [1.54, 1.807) is 60.8 Å². The van der Waals surface area contributed by atoms with Gasteiger partial charge < -0.3 is 62.6 Å². The number of fused-ring (bicyclic) bond motifs is 1. The van der Waals surface area contributed by atoms with E-state index in [0.29, 0.717) is 22.1 Å². The van der Waals surface area contributed by atoms with Crippen molar-refractivity contribution in [2.75, 3.05) is 19.0 Å². The molecule has 7 amide bonds. The van der Waals surface area contributed by atoms with Gasteiger partial charge in [0, 0.05) is 42.1 Å². The largest absolute Gasteiger partial charge is 0.508 e. The number of H-pyrrole nitrogens is 1. The summed E-state index contributed by atoms with van der Waals surface area (Å²) in [6.07, 6.45) is -0.461. The Labute approximate surface area is 361 Å². The first-order valence-electron chi connectivity index (χ1n) is 19.7. The van der Waals surface area contributed by atoms with Crippen LogP contribution in [0, 0.1) is 0 Å². The highest BCUT2D eigenvalue weighted by Crippen LogP contribution is 2.20. The lowest BCUT2D eigenvalue weighted by Crippen LogP contribution is -2.62. The van der Waals surface area contributed by atoms with Crippen molar-refractivity contribution >= 4 is 64.9 Å². The van der Waals surface area contributed by atoms with Gasteiger partial charge in [0.05, 0.1) is 19.3 Å². The SMILES string of the molecule is C[C@@H](O)[C@@H]1NC(=O)[C@H](Cc2ccccc2)NC(=O)[C@H](Cc2ccc(O)cc2)NC(=O)[C@H](CO)NC(=O)[C@H](Cc2c[nH]c3ccccc23)NC(=O)[C@H](CS)NC(=O)[C@H](CO)NC1=O. The van der Waals surface area contributed by atoms with Crippen LogP contribution in [0.2, 0.25) is 0 Å². The molecule has 1 saturated heterocycles. The number of hydrogen-bond donors (Lipinski definition) is 13. The van der Waals surface area contributed by atoms with Gasteiger partial charge in [-0.3, -0.25) is 33.6 Å². The van der Waals surface area contributed by atoms with Crippen LogP contribution in [0.4, 0.5) is 0 Å². The fourth-order valence-corrected chi connectivity index (χ4v) is 6.99. The molecule has 0 radical (unpaired) electrons. The molecule has 19 nitrogen and oxygen atoms in total. The van der Waals surface area contributed by atoms with Crippen molar-refractivity contribution in [1.29, 1.82) is 0 Å². The normalized spacial score (nSPS) is 24.3. The summed E-state index contributed by atoms with van der Waals surface area (Å²) in [6.45, 7) is -0.754. The fraction of sp³-hybridized carbons (Fsp3) is 0.357. The Morgan fingerprint density at radius 1 is 0.532 bits per heavy atom. The van der Waals surface area contributed by atoms with Gasteiger partial charge in [-0.05, 0) is 41.8 Å². The number of aliphatic hydroxyl groups is 3. The maximum absolute atomic E-state index is 14.2. The van der Waals surface area contributed by atoms with Crippen LogP contribution in [0.25, 0.3) is 10.9 Å². The van der Waals surface area contributed by atoms with Crippen molar-refractivity contribution in [3.8, 4) is 5.75 Å². The predicted octanol–water partition coefficient (Wildman–Crippen LogP) is -2.40. The second kappa shape index (κ2) is 21.9. The van der Waals surface area contributed by atoms with Crippen LogP contribution < -0.4 is 37.2 Å². The molecule has 0 saturated carbocycles. The van der Waals surface area contributed by atoms with Crippen molar-refractivity contribution < 1.29 is 54.0 Å². The van der Waals surface area contributed by atoms with Gasteiger partial charge in [0.2, 0.25) is 41.4 Å². The smallest absolute Gasteiger partial charge is 0.245 e. The second-order valence-corrected chi connectivity index (χ2v) is 15.1. The minimum Gasteiger partial charge on any atom is -0.508 e. The molecule has 5 rings (SSSR count). The van der Waals surface area contributed by atoms with Crippen molar-refractivity contribution in [3.63, 3.8) is 0 Å². The van der Waals surface area contributed by atoms with Crippen LogP contribution >= 0.6 is 12.6 Å². The summed E-state index contributed by atoms with van der Waals surface area (Å²) in [5, 5.41) is 59.1. The van der Waals surface area contributed by atoms with Crippen molar-refractivity contribution in [2.45, 2.75) is 74.6 Å². The Balaban J connectivity index is 1.55. The minimum atomic E-state index is -1.74. The van der Waals surface area contributed by atoms with E-state index in [1.807, 2.05) is 0 Å². The average molecular weight is 875 g/mol. The molecule has 1 aromatic heterocycles. The number of aromatic nitrogens is 1. The van der Waals surface area contributed by atoms with Crippen LogP contribution in [0.15, 0.2) is 85.1 Å². The quantitative estimate of drug-likeness (QED) is 0.0746. The number of carbonyl (C=O) groups is 7. The van der Waals surface area contributed by atoms with Crippen LogP contribution in [0.1, 0.15) is 23.6 Å². The number of rotatable bonds is 10. The first-order chi connectivity index (χ1) is 29.7. The van der Waals surface area contributed by atoms with E-state index in [9.17, 15) is 54.0 Å². The highest BCUT2D eigenvalue weighted by molar-refractivity contribution is 7.80. The predicted molar refractivity (Wildman–Crippen MR) is 227 cm³/mol. The molecule has 0 unspecified atom stereocenters.